The topological polar surface area (TPSA) is 133 Å². The first-order chi connectivity index (χ1) is 10.5. The van der Waals surface area contributed by atoms with Gasteiger partial charge in [-0.3, -0.25) is 4.90 Å². The highest BCUT2D eigenvalue weighted by molar-refractivity contribution is 5.75. The number of benzene rings is 1. The van der Waals surface area contributed by atoms with Gasteiger partial charge < -0.3 is 30.8 Å². The molecule has 22 heavy (non-hydrogen) atoms. The van der Waals surface area contributed by atoms with Gasteiger partial charge in [0, 0.05) is 6.54 Å². The van der Waals surface area contributed by atoms with E-state index in [1.807, 2.05) is 6.07 Å². The standard InChI is InChI=1S/C14H20N2O6/c17-7-9-10(18)11(19)12(20)13(21)16(9)14(22)15-6-8-4-2-1-3-5-8/h1-5,9-13,17-21H,6-7H2,(H,15,22)/t9-,10-,11+,12-,13?/m1/s1. The number of nitrogens with zero attached hydrogens (tertiary/aromatic N) is 1. The molecule has 1 aliphatic rings. The second-order valence-electron chi connectivity index (χ2n) is 5.19. The van der Waals surface area contributed by atoms with Gasteiger partial charge in [-0.25, -0.2) is 4.79 Å². The first-order valence-corrected chi connectivity index (χ1v) is 6.90. The lowest BCUT2D eigenvalue weighted by Gasteiger charge is -2.46. The number of nitrogens with one attached hydrogen (secondary N) is 1. The number of rotatable bonds is 3. The summed E-state index contributed by atoms with van der Waals surface area (Å²) in [7, 11) is 0. The van der Waals surface area contributed by atoms with Crippen LogP contribution >= 0.6 is 0 Å². The summed E-state index contributed by atoms with van der Waals surface area (Å²) in [6.45, 7) is -0.490. The number of aliphatic hydroxyl groups excluding tert-OH is 5. The zero-order chi connectivity index (χ0) is 16.3. The fourth-order valence-electron chi connectivity index (χ4n) is 2.46. The predicted octanol–water partition coefficient (Wildman–Crippen LogP) is -2.03. The third kappa shape index (κ3) is 3.21. The Kier molecular flexibility index (Phi) is 5.33. The molecule has 0 radical (unpaired) electrons. The Morgan fingerprint density at radius 2 is 1.68 bits per heavy atom. The molecule has 0 saturated carbocycles. The maximum absolute atomic E-state index is 12.2. The molecule has 8 nitrogen and oxygen atoms in total. The molecule has 1 unspecified atom stereocenters. The minimum Gasteiger partial charge on any atom is -0.394 e. The smallest absolute Gasteiger partial charge is 0.320 e. The number of carbonyl (C=O) groups excluding carboxylic acids is 1. The van der Waals surface area contributed by atoms with Crippen LogP contribution in [0.4, 0.5) is 4.79 Å². The van der Waals surface area contributed by atoms with Gasteiger partial charge in [-0.1, -0.05) is 30.3 Å². The van der Waals surface area contributed by atoms with E-state index in [0.29, 0.717) is 0 Å². The first kappa shape index (κ1) is 16.7. The van der Waals surface area contributed by atoms with Crippen LogP contribution in [-0.4, -0.2) is 73.7 Å². The van der Waals surface area contributed by atoms with E-state index in [9.17, 15) is 30.3 Å². The molecule has 2 amide bonds. The second-order valence-corrected chi connectivity index (χ2v) is 5.19. The lowest BCUT2D eigenvalue weighted by atomic mass is 9.93. The average Bonchev–Trinajstić information content (AvgIpc) is 2.54. The Labute approximate surface area is 127 Å². The molecule has 8 heteroatoms. The van der Waals surface area contributed by atoms with E-state index >= 15 is 0 Å². The molecule has 5 atom stereocenters. The highest BCUT2D eigenvalue weighted by Crippen LogP contribution is 2.23. The normalized spacial score (nSPS) is 31.9. The molecule has 0 spiro atoms. The number of carbonyl (C=O) groups is 1. The molecular formula is C14H20N2O6. The van der Waals surface area contributed by atoms with E-state index < -0.39 is 43.2 Å². The van der Waals surface area contributed by atoms with Gasteiger partial charge in [0.2, 0.25) is 0 Å². The second kappa shape index (κ2) is 7.03. The van der Waals surface area contributed by atoms with E-state index in [4.69, 9.17) is 0 Å². The van der Waals surface area contributed by atoms with E-state index in [1.54, 1.807) is 24.3 Å². The zero-order valence-electron chi connectivity index (χ0n) is 11.8. The van der Waals surface area contributed by atoms with Crippen molar-refractivity contribution in [2.45, 2.75) is 37.1 Å². The van der Waals surface area contributed by atoms with Crippen LogP contribution in [0.3, 0.4) is 0 Å². The Morgan fingerprint density at radius 3 is 2.27 bits per heavy atom. The molecule has 6 N–H and O–H groups in total. The molecule has 0 aromatic heterocycles. The predicted molar refractivity (Wildman–Crippen MR) is 75.4 cm³/mol. The summed E-state index contributed by atoms with van der Waals surface area (Å²) in [5.74, 6) is 0. The van der Waals surface area contributed by atoms with Gasteiger partial charge in [0.15, 0.2) is 6.23 Å². The van der Waals surface area contributed by atoms with Crippen LogP contribution in [0.25, 0.3) is 0 Å². The van der Waals surface area contributed by atoms with Crippen LogP contribution < -0.4 is 5.32 Å². The van der Waals surface area contributed by atoms with Crippen LogP contribution in [0.2, 0.25) is 0 Å². The van der Waals surface area contributed by atoms with E-state index in [1.165, 1.54) is 0 Å². The Balaban J connectivity index is 2.08. The number of amides is 2. The van der Waals surface area contributed by atoms with Crippen molar-refractivity contribution in [1.82, 2.24) is 10.2 Å². The molecule has 1 aliphatic heterocycles. The van der Waals surface area contributed by atoms with Gasteiger partial charge in [-0.2, -0.15) is 0 Å². The summed E-state index contributed by atoms with van der Waals surface area (Å²) >= 11 is 0. The third-order valence-electron chi connectivity index (χ3n) is 3.75. The van der Waals surface area contributed by atoms with Crippen molar-refractivity contribution in [2.24, 2.45) is 0 Å². The minimum atomic E-state index is -1.73. The number of hydrogen-bond acceptors (Lipinski definition) is 6. The van der Waals surface area contributed by atoms with Crippen LogP contribution in [0, 0.1) is 0 Å². The maximum atomic E-state index is 12.2. The van der Waals surface area contributed by atoms with Crippen molar-refractivity contribution in [3.05, 3.63) is 35.9 Å². The molecule has 1 saturated heterocycles. The first-order valence-electron chi connectivity index (χ1n) is 6.90. The van der Waals surface area contributed by atoms with Gasteiger partial charge in [-0.15, -0.1) is 0 Å². The molecule has 1 aromatic carbocycles. The molecule has 1 aromatic rings. The van der Waals surface area contributed by atoms with Crippen LogP contribution in [0.15, 0.2) is 30.3 Å². The van der Waals surface area contributed by atoms with Crippen molar-refractivity contribution in [2.75, 3.05) is 6.61 Å². The molecule has 2 rings (SSSR count). The highest BCUT2D eigenvalue weighted by atomic mass is 16.4. The largest absolute Gasteiger partial charge is 0.394 e. The van der Waals surface area contributed by atoms with Gasteiger partial charge >= 0.3 is 6.03 Å². The van der Waals surface area contributed by atoms with E-state index in [2.05, 4.69) is 5.32 Å². The van der Waals surface area contributed by atoms with Crippen molar-refractivity contribution >= 4 is 6.03 Å². The zero-order valence-corrected chi connectivity index (χ0v) is 11.8. The SMILES string of the molecule is O=C(NCc1ccccc1)N1C(O)[C@H](O)[C@@H](O)[C@H](O)[C@H]1CO. The lowest BCUT2D eigenvalue weighted by Crippen LogP contribution is -2.69. The number of aliphatic hydroxyl groups is 5. The third-order valence-corrected chi connectivity index (χ3v) is 3.75. The molecule has 0 bridgehead atoms. The number of piperidine rings is 1. The summed E-state index contributed by atoms with van der Waals surface area (Å²) in [6, 6.07) is 7.04. The van der Waals surface area contributed by atoms with Crippen molar-refractivity contribution in [3.63, 3.8) is 0 Å². The maximum Gasteiger partial charge on any atom is 0.320 e. The van der Waals surface area contributed by atoms with Gasteiger partial charge in [-0.05, 0) is 5.56 Å². The van der Waals surface area contributed by atoms with Crippen molar-refractivity contribution in [1.29, 1.82) is 0 Å². The lowest BCUT2D eigenvalue weighted by molar-refractivity contribution is -0.206. The molecule has 1 heterocycles. The van der Waals surface area contributed by atoms with Crippen molar-refractivity contribution < 1.29 is 30.3 Å². The Morgan fingerprint density at radius 1 is 1.05 bits per heavy atom. The van der Waals surface area contributed by atoms with E-state index in [-0.39, 0.29) is 6.54 Å². The fourth-order valence-corrected chi connectivity index (χ4v) is 2.46. The van der Waals surface area contributed by atoms with Crippen molar-refractivity contribution in [3.8, 4) is 0 Å². The Hall–Kier alpha value is -1.71. The van der Waals surface area contributed by atoms with Gasteiger partial charge in [0.05, 0.1) is 12.6 Å². The quantitative estimate of drug-likeness (QED) is 0.381. The molecule has 0 aliphatic carbocycles. The highest BCUT2D eigenvalue weighted by Gasteiger charge is 2.48. The van der Waals surface area contributed by atoms with Crippen LogP contribution in [-0.2, 0) is 6.54 Å². The number of urea groups is 1. The number of hydrogen-bond donors (Lipinski definition) is 6. The monoisotopic (exact) mass is 312 g/mol. The minimum absolute atomic E-state index is 0.176. The summed E-state index contributed by atoms with van der Waals surface area (Å²) in [6.07, 6.45) is -6.66. The fraction of sp³-hybridized carbons (Fsp3) is 0.500. The van der Waals surface area contributed by atoms with E-state index in [0.717, 1.165) is 10.5 Å². The summed E-state index contributed by atoms with van der Waals surface area (Å²) in [5.41, 5.74) is 0.823. The van der Waals surface area contributed by atoms with Crippen LogP contribution in [0.1, 0.15) is 5.56 Å². The number of likely N-dealkylation sites (tertiary alicyclic amines) is 1. The Bertz CT molecular complexity index is 499. The average molecular weight is 312 g/mol. The van der Waals surface area contributed by atoms with Gasteiger partial charge in [0.1, 0.15) is 18.3 Å². The molecule has 1 fully saturated rings. The van der Waals surface area contributed by atoms with Crippen LogP contribution in [0.5, 0.6) is 0 Å². The summed E-state index contributed by atoms with van der Waals surface area (Å²) in [4.78, 5) is 12.9. The van der Waals surface area contributed by atoms with Gasteiger partial charge in [0.25, 0.3) is 0 Å². The summed E-state index contributed by atoms with van der Waals surface area (Å²) in [5, 5.41) is 50.9. The summed E-state index contributed by atoms with van der Waals surface area (Å²) < 4.78 is 0. The molecular weight excluding hydrogens is 292 g/mol. The molecule has 122 valence electrons.